The molecule has 0 radical (unpaired) electrons. The van der Waals surface area contributed by atoms with Gasteiger partial charge in [-0.15, -0.1) is 0 Å². The number of hydrogen-bond acceptors (Lipinski definition) is 2. The Hall–Kier alpha value is -0.860. The lowest BCUT2D eigenvalue weighted by molar-refractivity contribution is 0.0357. The molecule has 1 saturated heterocycles. The summed E-state index contributed by atoms with van der Waals surface area (Å²) in [5.41, 5.74) is 2.78. The molecular weight excluding hydrogens is 198 g/mol. The van der Waals surface area contributed by atoms with E-state index in [1.165, 1.54) is 11.1 Å². The van der Waals surface area contributed by atoms with Crippen molar-refractivity contribution in [2.45, 2.75) is 19.8 Å². The third-order valence-electron chi connectivity index (χ3n) is 3.28. The van der Waals surface area contributed by atoms with Crippen LogP contribution < -0.4 is 0 Å². The van der Waals surface area contributed by atoms with Gasteiger partial charge in [-0.1, -0.05) is 36.8 Å². The van der Waals surface area contributed by atoms with E-state index in [9.17, 15) is 0 Å². The van der Waals surface area contributed by atoms with Crippen LogP contribution in [0, 0.1) is 6.92 Å². The van der Waals surface area contributed by atoms with Gasteiger partial charge in [0.15, 0.2) is 0 Å². The van der Waals surface area contributed by atoms with Crippen molar-refractivity contribution in [1.82, 2.24) is 4.90 Å². The first-order valence-corrected chi connectivity index (χ1v) is 6.12. The van der Waals surface area contributed by atoms with Crippen LogP contribution in [-0.4, -0.2) is 37.7 Å². The van der Waals surface area contributed by atoms with Gasteiger partial charge in [-0.3, -0.25) is 4.90 Å². The molecule has 1 aliphatic rings. The van der Waals surface area contributed by atoms with Crippen molar-refractivity contribution in [1.29, 1.82) is 0 Å². The third kappa shape index (κ3) is 3.06. The van der Waals surface area contributed by atoms with Crippen molar-refractivity contribution in [3.05, 3.63) is 35.4 Å². The normalized spacial score (nSPS) is 19.6. The first kappa shape index (κ1) is 11.6. The predicted octanol–water partition coefficient (Wildman–Crippen LogP) is 2.43. The lowest BCUT2D eigenvalue weighted by Crippen LogP contribution is -2.38. The maximum Gasteiger partial charge on any atom is 0.0594 e. The summed E-state index contributed by atoms with van der Waals surface area (Å²) in [5.74, 6) is 0.610. The molecule has 1 atom stereocenters. The molecule has 0 aliphatic carbocycles. The van der Waals surface area contributed by atoms with Gasteiger partial charge in [-0.05, 0) is 18.4 Å². The Kier molecular flexibility index (Phi) is 3.97. The lowest BCUT2D eigenvalue weighted by Gasteiger charge is -2.29. The van der Waals surface area contributed by atoms with E-state index in [0.29, 0.717) is 5.92 Å². The largest absolute Gasteiger partial charge is 0.379 e. The molecule has 1 aliphatic heterocycles. The van der Waals surface area contributed by atoms with Gasteiger partial charge in [0.1, 0.15) is 0 Å². The molecule has 2 heteroatoms. The lowest BCUT2D eigenvalue weighted by atomic mass is 9.99. The fourth-order valence-corrected chi connectivity index (χ4v) is 2.17. The van der Waals surface area contributed by atoms with Gasteiger partial charge in [0.05, 0.1) is 13.2 Å². The zero-order chi connectivity index (χ0) is 11.4. The zero-order valence-electron chi connectivity index (χ0n) is 10.3. The van der Waals surface area contributed by atoms with E-state index < -0.39 is 0 Å². The summed E-state index contributed by atoms with van der Waals surface area (Å²) in [6, 6.07) is 8.90. The first-order valence-electron chi connectivity index (χ1n) is 6.12. The number of hydrogen-bond donors (Lipinski definition) is 0. The molecule has 16 heavy (non-hydrogen) atoms. The Bertz CT molecular complexity index is 314. The van der Waals surface area contributed by atoms with Crippen LogP contribution in [0.3, 0.4) is 0 Å². The van der Waals surface area contributed by atoms with Crippen LogP contribution >= 0.6 is 0 Å². The van der Waals surface area contributed by atoms with Crippen molar-refractivity contribution >= 4 is 0 Å². The van der Waals surface area contributed by atoms with Gasteiger partial charge >= 0.3 is 0 Å². The van der Waals surface area contributed by atoms with Crippen LogP contribution in [0.4, 0.5) is 0 Å². The smallest absolute Gasteiger partial charge is 0.0594 e. The minimum atomic E-state index is 0.610. The molecule has 0 spiro atoms. The van der Waals surface area contributed by atoms with E-state index in [4.69, 9.17) is 4.74 Å². The van der Waals surface area contributed by atoms with Crippen molar-refractivity contribution in [2.75, 3.05) is 32.8 Å². The molecule has 0 aromatic heterocycles. The Balaban J connectivity index is 1.91. The quantitative estimate of drug-likeness (QED) is 0.774. The van der Waals surface area contributed by atoms with Crippen molar-refractivity contribution in [3.8, 4) is 0 Å². The summed E-state index contributed by atoms with van der Waals surface area (Å²) in [6.45, 7) is 9.52. The number of ether oxygens (including phenoxy) is 1. The summed E-state index contributed by atoms with van der Waals surface area (Å²) in [5, 5.41) is 0. The molecule has 1 unspecified atom stereocenters. The van der Waals surface area contributed by atoms with Crippen LogP contribution in [-0.2, 0) is 4.74 Å². The van der Waals surface area contributed by atoms with Crippen molar-refractivity contribution in [3.63, 3.8) is 0 Å². The molecular formula is C14H21NO. The third-order valence-corrected chi connectivity index (χ3v) is 3.28. The van der Waals surface area contributed by atoms with Gasteiger partial charge in [0.2, 0.25) is 0 Å². The van der Waals surface area contributed by atoms with Crippen molar-refractivity contribution < 1.29 is 4.74 Å². The monoisotopic (exact) mass is 219 g/mol. The molecule has 88 valence electrons. The number of rotatable bonds is 3. The molecule has 1 aromatic rings. The summed E-state index contributed by atoms with van der Waals surface area (Å²) < 4.78 is 5.36. The Morgan fingerprint density at radius 2 is 1.81 bits per heavy atom. The standard InChI is InChI=1S/C14H21NO/c1-12-3-5-14(6-4-12)13(2)11-15-7-9-16-10-8-15/h3-6,13H,7-11H2,1-2H3. The molecule has 0 N–H and O–H groups in total. The highest BCUT2D eigenvalue weighted by Gasteiger charge is 2.14. The van der Waals surface area contributed by atoms with Gasteiger partial charge in [-0.25, -0.2) is 0 Å². The van der Waals surface area contributed by atoms with E-state index in [1.54, 1.807) is 0 Å². The van der Waals surface area contributed by atoms with Crippen molar-refractivity contribution in [2.24, 2.45) is 0 Å². The van der Waals surface area contributed by atoms with Crippen LogP contribution in [0.1, 0.15) is 24.0 Å². The second-order valence-corrected chi connectivity index (χ2v) is 4.72. The van der Waals surface area contributed by atoms with Gasteiger partial charge in [-0.2, -0.15) is 0 Å². The highest BCUT2D eigenvalue weighted by atomic mass is 16.5. The van der Waals surface area contributed by atoms with Crippen LogP contribution in [0.5, 0.6) is 0 Å². The molecule has 2 rings (SSSR count). The fraction of sp³-hybridized carbons (Fsp3) is 0.571. The van der Waals surface area contributed by atoms with E-state index in [-0.39, 0.29) is 0 Å². The summed E-state index contributed by atoms with van der Waals surface area (Å²) in [4.78, 5) is 2.49. The zero-order valence-corrected chi connectivity index (χ0v) is 10.3. The highest BCUT2D eigenvalue weighted by Crippen LogP contribution is 2.17. The molecule has 1 fully saturated rings. The molecule has 2 nitrogen and oxygen atoms in total. The number of morpholine rings is 1. The average molecular weight is 219 g/mol. The van der Waals surface area contributed by atoms with E-state index in [2.05, 4.69) is 43.0 Å². The van der Waals surface area contributed by atoms with Crippen LogP contribution in [0.25, 0.3) is 0 Å². The first-order chi connectivity index (χ1) is 7.75. The minimum Gasteiger partial charge on any atom is -0.379 e. The maximum absolute atomic E-state index is 5.36. The van der Waals surface area contributed by atoms with Crippen LogP contribution in [0.15, 0.2) is 24.3 Å². The Labute approximate surface area is 98.2 Å². The summed E-state index contributed by atoms with van der Waals surface area (Å²) in [7, 11) is 0. The number of nitrogens with zero attached hydrogens (tertiary/aromatic N) is 1. The average Bonchev–Trinajstić information content (AvgIpc) is 2.31. The number of benzene rings is 1. The minimum absolute atomic E-state index is 0.610. The highest BCUT2D eigenvalue weighted by molar-refractivity contribution is 5.24. The van der Waals surface area contributed by atoms with E-state index >= 15 is 0 Å². The van der Waals surface area contributed by atoms with E-state index in [1.807, 2.05) is 0 Å². The van der Waals surface area contributed by atoms with Gasteiger partial charge in [0.25, 0.3) is 0 Å². The SMILES string of the molecule is Cc1ccc(C(C)CN2CCOCC2)cc1. The van der Waals surface area contributed by atoms with Crippen LogP contribution in [0.2, 0.25) is 0 Å². The van der Waals surface area contributed by atoms with E-state index in [0.717, 1.165) is 32.8 Å². The molecule has 0 saturated carbocycles. The predicted molar refractivity (Wildman–Crippen MR) is 66.9 cm³/mol. The second kappa shape index (κ2) is 5.46. The molecule has 0 amide bonds. The summed E-state index contributed by atoms with van der Waals surface area (Å²) >= 11 is 0. The maximum atomic E-state index is 5.36. The second-order valence-electron chi connectivity index (χ2n) is 4.72. The molecule has 0 bridgehead atoms. The Morgan fingerprint density at radius 1 is 1.19 bits per heavy atom. The molecule has 1 aromatic carbocycles. The molecule has 1 heterocycles. The fourth-order valence-electron chi connectivity index (χ4n) is 2.17. The van der Waals surface area contributed by atoms with Gasteiger partial charge in [0, 0.05) is 19.6 Å². The topological polar surface area (TPSA) is 12.5 Å². The Morgan fingerprint density at radius 3 is 2.44 bits per heavy atom. The van der Waals surface area contributed by atoms with Gasteiger partial charge < -0.3 is 4.74 Å². The number of aryl methyl sites for hydroxylation is 1. The summed E-state index contributed by atoms with van der Waals surface area (Å²) in [6.07, 6.45) is 0.